The molecule has 0 radical (unpaired) electrons. The van der Waals surface area contributed by atoms with Crippen molar-refractivity contribution in [3.05, 3.63) is 0 Å². The quantitative estimate of drug-likeness (QED) is 0.814. The lowest BCUT2D eigenvalue weighted by molar-refractivity contribution is 0.175. The maximum Gasteiger partial charge on any atom is 0.324 e. The fraction of sp³-hybridized carbons (Fsp3) is 0.700. The van der Waals surface area contributed by atoms with Gasteiger partial charge in [0.25, 0.3) is 0 Å². The standard InChI is InChI=1S/C10H18N4O2/c1-6(2)5-7(3)16-10-13-8(11)12-9(14-10)15-4/h6-7H,5H2,1-4H3,(H2,11,12,13,14). The molecule has 2 N–H and O–H groups in total. The molecule has 1 unspecified atom stereocenters. The van der Waals surface area contributed by atoms with Gasteiger partial charge in [0.1, 0.15) is 0 Å². The number of anilines is 1. The second-order valence-electron chi connectivity index (χ2n) is 4.02. The van der Waals surface area contributed by atoms with Crippen LogP contribution < -0.4 is 15.2 Å². The van der Waals surface area contributed by atoms with Crippen molar-refractivity contribution in [2.24, 2.45) is 5.92 Å². The van der Waals surface area contributed by atoms with Crippen molar-refractivity contribution in [1.29, 1.82) is 0 Å². The lowest BCUT2D eigenvalue weighted by atomic mass is 10.1. The zero-order valence-electron chi connectivity index (χ0n) is 10.1. The Balaban J connectivity index is 2.69. The highest BCUT2D eigenvalue weighted by molar-refractivity contribution is 5.20. The van der Waals surface area contributed by atoms with Gasteiger partial charge < -0.3 is 15.2 Å². The van der Waals surface area contributed by atoms with E-state index in [9.17, 15) is 0 Å². The van der Waals surface area contributed by atoms with Crippen molar-refractivity contribution in [1.82, 2.24) is 15.0 Å². The monoisotopic (exact) mass is 226 g/mol. The van der Waals surface area contributed by atoms with Gasteiger partial charge in [0.2, 0.25) is 5.95 Å². The van der Waals surface area contributed by atoms with Crippen molar-refractivity contribution >= 4 is 5.95 Å². The Morgan fingerprint density at radius 2 is 1.75 bits per heavy atom. The molecule has 0 aliphatic carbocycles. The van der Waals surface area contributed by atoms with Crippen LogP contribution in [-0.2, 0) is 0 Å². The molecule has 1 heterocycles. The molecule has 1 rings (SSSR count). The number of methoxy groups -OCH3 is 1. The van der Waals surface area contributed by atoms with E-state index in [2.05, 4.69) is 28.8 Å². The molecule has 0 amide bonds. The van der Waals surface area contributed by atoms with E-state index in [4.69, 9.17) is 15.2 Å². The van der Waals surface area contributed by atoms with Gasteiger partial charge in [-0.2, -0.15) is 9.97 Å². The van der Waals surface area contributed by atoms with E-state index in [0.29, 0.717) is 5.92 Å². The molecular formula is C10H18N4O2. The summed E-state index contributed by atoms with van der Waals surface area (Å²) in [4.78, 5) is 11.6. The molecule has 6 nitrogen and oxygen atoms in total. The van der Waals surface area contributed by atoms with Gasteiger partial charge in [-0.3, -0.25) is 0 Å². The van der Waals surface area contributed by atoms with Gasteiger partial charge >= 0.3 is 12.0 Å². The summed E-state index contributed by atoms with van der Waals surface area (Å²) in [7, 11) is 1.47. The number of nitrogen functional groups attached to an aromatic ring is 1. The number of nitrogens with zero attached hydrogens (tertiary/aromatic N) is 3. The van der Waals surface area contributed by atoms with Gasteiger partial charge in [0.05, 0.1) is 13.2 Å². The zero-order valence-corrected chi connectivity index (χ0v) is 10.1. The summed E-state index contributed by atoms with van der Waals surface area (Å²) in [6.07, 6.45) is 0.958. The van der Waals surface area contributed by atoms with Gasteiger partial charge in [0.15, 0.2) is 0 Å². The molecule has 1 aromatic rings. The van der Waals surface area contributed by atoms with E-state index in [1.54, 1.807) is 0 Å². The highest BCUT2D eigenvalue weighted by atomic mass is 16.5. The van der Waals surface area contributed by atoms with Gasteiger partial charge in [0, 0.05) is 0 Å². The first-order valence-electron chi connectivity index (χ1n) is 5.23. The minimum Gasteiger partial charge on any atom is -0.467 e. The molecule has 0 saturated heterocycles. The molecule has 0 saturated carbocycles. The third-order valence-electron chi connectivity index (χ3n) is 1.90. The summed E-state index contributed by atoms with van der Waals surface area (Å²) in [6, 6.07) is 0.372. The first-order valence-corrected chi connectivity index (χ1v) is 5.23. The highest BCUT2D eigenvalue weighted by Gasteiger charge is 2.11. The number of hydrogen-bond acceptors (Lipinski definition) is 6. The van der Waals surface area contributed by atoms with E-state index in [1.807, 2.05) is 6.92 Å². The molecule has 0 fully saturated rings. The van der Waals surface area contributed by atoms with Gasteiger partial charge in [-0.1, -0.05) is 13.8 Å². The van der Waals surface area contributed by atoms with Crippen LogP contribution in [0.1, 0.15) is 27.2 Å². The van der Waals surface area contributed by atoms with Crippen LogP contribution in [-0.4, -0.2) is 28.2 Å². The third kappa shape index (κ3) is 3.88. The van der Waals surface area contributed by atoms with Gasteiger partial charge in [-0.05, 0) is 19.3 Å². The summed E-state index contributed by atoms with van der Waals surface area (Å²) >= 11 is 0. The van der Waals surface area contributed by atoms with Crippen LogP contribution in [0.2, 0.25) is 0 Å². The normalized spacial score (nSPS) is 12.6. The van der Waals surface area contributed by atoms with E-state index in [0.717, 1.165) is 6.42 Å². The summed E-state index contributed by atoms with van der Waals surface area (Å²) < 4.78 is 10.4. The Hall–Kier alpha value is -1.59. The van der Waals surface area contributed by atoms with Crippen LogP contribution in [0.5, 0.6) is 12.0 Å². The Morgan fingerprint density at radius 3 is 2.31 bits per heavy atom. The first kappa shape index (κ1) is 12.5. The number of ether oxygens (including phenoxy) is 2. The minimum atomic E-state index is 0.0338. The summed E-state index contributed by atoms with van der Waals surface area (Å²) in [5.74, 6) is 0.648. The highest BCUT2D eigenvalue weighted by Crippen LogP contribution is 2.14. The van der Waals surface area contributed by atoms with Crippen molar-refractivity contribution in [3.8, 4) is 12.0 Å². The molecule has 0 aromatic carbocycles. The summed E-state index contributed by atoms with van der Waals surface area (Å²) in [5, 5.41) is 0. The Bertz CT molecular complexity index is 344. The maximum atomic E-state index is 5.53. The number of aromatic nitrogens is 3. The molecule has 6 heteroatoms. The van der Waals surface area contributed by atoms with Crippen LogP contribution in [0.25, 0.3) is 0 Å². The molecule has 0 aliphatic rings. The third-order valence-corrected chi connectivity index (χ3v) is 1.90. The Kier molecular flexibility index (Phi) is 4.28. The second kappa shape index (κ2) is 5.48. The lowest BCUT2D eigenvalue weighted by Gasteiger charge is -2.15. The van der Waals surface area contributed by atoms with Crippen molar-refractivity contribution in [2.75, 3.05) is 12.8 Å². The molecule has 16 heavy (non-hydrogen) atoms. The van der Waals surface area contributed by atoms with E-state index in [1.165, 1.54) is 7.11 Å². The molecule has 1 atom stereocenters. The smallest absolute Gasteiger partial charge is 0.324 e. The van der Waals surface area contributed by atoms with E-state index in [-0.39, 0.29) is 24.1 Å². The predicted octanol–water partition coefficient (Wildman–Crippen LogP) is 1.28. The largest absolute Gasteiger partial charge is 0.467 e. The fourth-order valence-electron chi connectivity index (χ4n) is 1.39. The topological polar surface area (TPSA) is 83.2 Å². The van der Waals surface area contributed by atoms with E-state index < -0.39 is 0 Å². The predicted molar refractivity (Wildman–Crippen MR) is 60.3 cm³/mol. The Labute approximate surface area is 95.2 Å². The SMILES string of the molecule is COc1nc(N)nc(OC(C)CC(C)C)n1. The van der Waals surface area contributed by atoms with Gasteiger partial charge in [-0.15, -0.1) is 4.98 Å². The van der Waals surface area contributed by atoms with Crippen molar-refractivity contribution in [2.45, 2.75) is 33.3 Å². The van der Waals surface area contributed by atoms with Crippen LogP contribution in [0.4, 0.5) is 5.95 Å². The average Bonchev–Trinajstić information content (AvgIpc) is 2.14. The van der Waals surface area contributed by atoms with Crippen LogP contribution >= 0.6 is 0 Å². The number of nitrogens with two attached hydrogens (primary N) is 1. The molecule has 0 aliphatic heterocycles. The summed E-state index contributed by atoms with van der Waals surface area (Å²) in [5.41, 5.74) is 5.49. The average molecular weight is 226 g/mol. The minimum absolute atomic E-state index is 0.0338. The zero-order chi connectivity index (χ0) is 12.1. The maximum absolute atomic E-state index is 5.53. The number of hydrogen-bond donors (Lipinski definition) is 1. The fourth-order valence-corrected chi connectivity index (χ4v) is 1.39. The lowest BCUT2D eigenvalue weighted by Crippen LogP contribution is -2.17. The molecule has 90 valence electrons. The molecule has 0 spiro atoms. The number of rotatable bonds is 5. The van der Waals surface area contributed by atoms with E-state index >= 15 is 0 Å². The second-order valence-corrected chi connectivity index (χ2v) is 4.02. The van der Waals surface area contributed by atoms with Gasteiger partial charge in [-0.25, -0.2) is 0 Å². The van der Waals surface area contributed by atoms with Crippen molar-refractivity contribution in [3.63, 3.8) is 0 Å². The summed E-state index contributed by atoms with van der Waals surface area (Å²) in [6.45, 7) is 6.22. The molecule has 0 bridgehead atoms. The molecular weight excluding hydrogens is 208 g/mol. The molecule has 1 aromatic heterocycles. The first-order chi connectivity index (χ1) is 7.51. The van der Waals surface area contributed by atoms with Crippen molar-refractivity contribution < 1.29 is 9.47 Å². The van der Waals surface area contributed by atoms with Crippen LogP contribution in [0, 0.1) is 5.92 Å². The van der Waals surface area contributed by atoms with Crippen LogP contribution in [0.15, 0.2) is 0 Å². The Morgan fingerprint density at radius 1 is 1.12 bits per heavy atom. The van der Waals surface area contributed by atoms with Crippen LogP contribution in [0.3, 0.4) is 0 Å².